The van der Waals surface area contributed by atoms with Crippen LogP contribution in [-0.2, 0) is 14.3 Å². The predicted octanol–water partition coefficient (Wildman–Crippen LogP) is 7.52. The molecule has 4 unspecified atom stereocenters. The summed E-state index contributed by atoms with van der Waals surface area (Å²) in [5.74, 6) is 0.358. The van der Waals surface area contributed by atoms with Crippen LogP contribution in [0.25, 0.3) is 6.08 Å². The van der Waals surface area contributed by atoms with E-state index in [2.05, 4.69) is 5.32 Å². The number of carbonyl (C=O) groups is 2. The SMILES string of the molecule is CC(C)(C)OC(=O)C1NC(c2ccccc2)C2(CSC/C(=C\c3ccc(Cl)cc3)C2=O)C1c1ccc(Cl)cc1. The van der Waals surface area contributed by atoms with Crippen molar-refractivity contribution in [3.05, 3.63) is 111 Å². The number of Topliss-reactive ketones (excluding diaryl/α,β-unsaturated/α-hetero) is 1. The van der Waals surface area contributed by atoms with Crippen LogP contribution < -0.4 is 5.32 Å². The number of ether oxygens (including phenoxy) is 1. The van der Waals surface area contributed by atoms with Crippen LogP contribution in [-0.4, -0.2) is 34.9 Å². The second kappa shape index (κ2) is 11.1. The van der Waals surface area contributed by atoms with Crippen LogP contribution in [0.5, 0.6) is 0 Å². The number of thioether (sulfide) groups is 1. The predicted molar refractivity (Wildman–Crippen MR) is 160 cm³/mol. The van der Waals surface area contributed by atoms with Gasteiger partial charge in [0.05, 0.1) is 5.41 Å². The van der Waals surface area contributed by atoms with Gasteiger partial charge in [-0.15, -0.1) is 0 Å². The maximum absolute atomic E-state index is 14.8. The van der Waals surface area contributed by atoms with Crippen molar-refractivity contribution in [3.63, 3.8) is 0 Å². The van der Waals surface area contributed by atoms with Crippen molar-refractivity contribution in [1.29, 1.82) is 0 Å². The minimum atomic E-state index is -0.933. The molecule has 2 aliphatic rings. The average Bonchev–Trinajstić information content (AvgIpc) is 3.24. The Morgan fingerprint density at radius 1 is 0.949 bits per heavy atom. The van der Waals surface area contributed by atoms with E-state index >= 15 is 0 Å². The van der Waals surface area contributed by atoms with E-state index in [1.807, 2.05) is 106 Å². The summed E-state index contributed by atoms with van der Waals surface area (Å²) in [5.41, 5.74) is 1.87. The fourth-order valence-electron chi connectivity index (χ4n) is 5.74. The standard InChI is InChI=1S/C32H31Cl2NO3S/c1-31(2,3)38-30(37)27-26(21-11-15-25(34)16-12-21)32(28(35-27)22-7-5-4-6-8-22)19-39-18-23(29(32)36)17-20-9-13-24(33)14-10-20/h4-17,26-28,35H,18-19H2,1-3H3/b23-17+. The van der Waals surface area contributed by atoms with Crippen LogP contribution in [0.1, 0.15) is 49.4 Å². The zero-order chi connectivity index (χ0) is 27.8. The molecule has 3 aromatic carbocycles. The molecule has 0 aromatic heterocycles. The molecule has 0 radical (unpaired) electrons. The van der Waals surface area contributed by atoms with Crippen molar-refractivity contribution < 1.29 is 14.3 Å². The normalized spacial score (nSPS) is 26.2. The summed E-state index contributed by atoms with van der Waals surface area (Å²) in [5, 5.41) is 4.83. The van der Waals surface area contributed by atoms with Crippen molar-refractivity contribution in [1.82, 2.24) is 5.32 Å². The zero-order valence-corrected chi connectivity index (χ0v) is 24.4. The molecule has 2 heterocycles. The molecule has 4 atom stereocenters. The van der Waals surface area contributed by atoms with Gasteiger partial charge in [-0.25, -0.2) is 0 Å². The Hall–Kier alpha value is -2.57. The summed E-state index contributed by atoms with van der Waals surface area (Å²) < 4.78 is 5.91. The van der Waals surface area contributed by atoms with E-state index in [1.54, 1.807) is 11.8 Å². The van der Waals surface area contributed by atoms with E-state index in [4.69, 9.17) is 27.9 Å². The maximum Gasteiger partial charge on any atom is 0.324 e. The number of benzene rings is 3. The molecular weight excluding hydrogens is 549 g/mol. The number of hydrogen-bond acceptors (Lipinski definition) is 5. The highest BCUT2D eigenvalue weighted by Crippen LogP contribution is 2.58. The minimum absolute atomic E-state index is 0.0450. The highest BCUT2D eigenvalue weighted by molar-refractivity contribution is 7.99. The first-order chi connectivity index (χ1) is 18.6. The summed E-state index contributed by atoms with van der Waals surface area (Å²) in [6, 6.07) is 23.8. The smallest absolute Gasteiger partial charge is 0.324 e. The Balaban J connectivity index is 1.69. The van der Waals surface area contributed by atoms with Gasteiger partial charge in [0.15, 0.2) is 5.78 Å². The van der Waals surface area contributed by atoms with Crippen molar-refractivity contribution in [2.75, 3.05) is 11.5 Å². The van der Waals surface area contributed by atoms with Crippen molar-refractivity contribution in [3.8, 4) is 0 Å². The van der Waals surface area contributed by atoms with Gasteiger partial charge in [-0.2, -0.15) is 11.8 Å². The van der Waals surface area contributed by atoms with Crippen molar-refractivity contribution in [2.24, 2.45) is 5.41 Å². The van der Waals surface area contributed by atoms with E-state index in [0.717, 1.165) is 22.3 Å². The second-order valence-corrected chi connectivity index (χ2v) is 13.0. The molecule has 0 amide bonds. The Morgan fingerprint density at radius 2 is 1.56 bits per heavy atom. The fourth-order valence-corrected chi connectivity index (χ4v) is 7.35. The van der Waals surface area contributed by atoms with Crippen LogP contribution in [0, 0.1) is 5.41 Å². The topological polar surface area (TPSA) is 55.4 Å². The number of hydrogen-bond donors (Lipinski definition) is 1. The van der Waals surface area contributed by atoms with Gasteiger partial charge >= 0.3 is 5.97 Å². The van der Waals surface area contributed by atoms with Crippen LogP contribution in [0.4, 0.5) is 0 Å². The maximum atomic E-state index is 14.8. The molecule has 0 bridgehead atoms. The third kappa shape index (κ3) is 5.69. The van der Waals surface area contributed by atoms with Gasteiger partial charge in [-0.05, 0) is 67.8 Å². The molecule has 2 fully saturated rings. The highest BCUT2D eigenvalue weighted by atomic mass is 35.5. The van der Waals surface area contributed by atoms with Crippen LogP contribution in [0.3, 0.4) is 0 Å². The molecular formula is C32H31Cl2NO3S. The zero-order valence-electron chi connectivity index (χ0n) is 22.1. The minimum Gasteiger partial charge on any atom is -0.459 e. The molecule has 0 aliphatic carbocycles. The molecule has 4 nitrogen and oxygen atoms in total. The van der Waals surface area contributed by atoms with E-state index in [-0.39, 0.29) is 11.8 Å². The summed E-state index contributed by atoms with van der Waals surface area (Å²) in [6.45, 7) is 5.57. The quantitative estimate of drug-likeness (QED) is 0.256. The van der Waals surface area contributed by atoms with E-state index in [0.29, 0.717) is 21.6 Å². The molecule has 1 N–H and O–H groups in total. The van der Waals surface area contributed by atoms with E-state index < -0.39 is 29.0 Å². The molecule has 2 saturated heterocycles. The molecule has 202 valence electrons. The average molecular weight is 581 g/mol. The molecule has 0 saturated carbocycles. The number of ketones is 1. The van der Waals surface area contributed by atoms with Gasteiger partial charge in [-0.3, -0.25) is 14.9 Å². The Labute approximate surface area is 244 Å². The Kier molecular flexibility index (Phi) is 7.98. The summed E-state index contributed by atoms with van der Waals surface area (Å²) in [4.78, 5) is 28.6. The molecule has 5 rings (SSSR count). The summed E-state index contributed by atoms with van der Waals surface area (Å²) in [7, 11) is 0. The van der Waals surface area contributed by atoms with Gasteiger partial charge < -0.3 is 4.74 Å². The van der Waals surface area contributed by atoms with Gasteiger partial charge in [0.25, 0.3) is 0 Å². The van der Waals surface area contributed by atoms with Crippen molar-refractivity contribution in [2.45, 2.75) is 44.4 Å². The fraction of sp³-hybridized carbons (Fsp3) is 0.312. The lowest BCUT2D eigenvalue weighted by molar-refractivity contribution is -0.157. The first-order valence-corrected chi connectivity index (χ1v) is 14.9. The second-order valence-electron chi connectivity index (χ2n) is 11.1. The highest BCUT2D eigenvalue weighted by Gasteiger charge is 2.63. The molecule has 2 aliphatic heterocycles. The third-order valence-corrected chi connectivity index (χ3v) is 9.00. The molecule has 1 spiro atoms. The molecule has 39 heavy (non-hydrogen) atoms. The first-order valence-electron chi connectivity index (χ1n) is 13.0. The first kappa shape index (κ1) is 28.0. The number of carbonyl (C=O) groups excluding carboxylic acids is 2. The lowest BCUT2D eigenvalue weighted by Gasteiger charge is -2.42. The number of nitrogens with one attached hydrogen (secondary N) is 1. The van der Waals surface area contributed by atoms with Gasteiger partial charge in [0.2, 0.25) is 0 Å². The molecule has 7 heteroatoms. The number of esters is 1. The summed E-state index contributed by atoms with van der Waals surface area (Å²) >= 11 is 14.1. The Bertz CT molecular complexity index is 1380. The van der Waals surface area contributed by atoms with Crippen LogP contribution in [0.15, 0.2) is 84.4 Å². The van der Waals surface area contributed by atoms with Gasteiger partial charge in [0.1, 0.15) is 11.6 Å². The number of halogens is 2. The number of rotatable bonds is 4. The van der Waals surface area contributed by atoms with Crippen molar-refractivity contribution >= 4 is 52.8 Å². The summed E-state index contributed by atoms with van der Waals surface area (Å²) in [6.07, 6.45) is 1.95. The van der Waals surface area contributed by atoms with E-state index in [9.17, 15) is 9.59 Å². The largest absolute Gasteiger partial charge is 0.459 e. The Morgan fingerprint density at radius 3 is 2.18 bits per heavy atom. The lowest BCUT2D eigenvalue weighted by atomic mass is 9.64. The van der Waals surface area contributed by atoms with Crippen LogP contribution >= 0.6 is 35.0 Å². The third-order valence-electron chi connectivity index (χ3n) is 7.30. The molecule has 3 aromatic rings. The van der Waals surface area contributed by atoms with Gasteiger partial charge in [0, 0.05) is 39.1 Å². The van der Waals surface area contributed by atoms with Gasteiger partial charge in [-0.1, -0.05) is 77.8 Å². The van der Waals surface area contributed by atoms with Crippen LogP contribution in [0.2, 0.25) is 10.0 Å². The van der Waals surface area contributed by atoms with E-state index in [1.165, 1.54) is 0 Å². The monoisotopic (exact) mass is 579 g/mol. The lowest BCUT2D eigenvalue weighted by Crippen LogP contribution is -2.47.